The first-order valence-electron chi connectivity index (χ1n) is 5.99. The molecule has 0 fully saturated rings. The first kappa shape index (κ1) is 13.0. The van der Waals surface area contributed by atoms with Crippen molar-refractivity contribution in [2.24, 2.45) is 0 Å². The molecule has 0 bridgehead atoms. The molecular formula is C15H23N. The van der Waals surface area contributed by atoms with E-state index in [2.05, 4.69) is 63.0 Å². The number of benzene rings is 1. The fraction of sp³-hybridized carbons (Fsp3) is 0.467. The minimum absolute atomic E-state index is 0.155. The van der Waals surface area contributed by atoms with E-state index >= 15 is 0 Å². The summed E-state index contributed by atoms with van der Waals surface area (Å²) in [6.07, 6.45) is 2.98. The Morgan fingerprint density at radius 1 is 1.31 bits per heavy atom. The van der Waals surface area contributed by atoms with Gasteiger partial charge in [0.05, 0.1) is 0 Å². The molecule has 0 heterocycles. The van der Waals surface area contributed by atoms with Crippen molar-refractivity contribution in [2.75, 3.05) is 6.54 Å². The van der Waals surface area contributed by atoms with Gasteiger partial charge in [0.15, 0.2) is 0 Å². The maximum Gasteiger partial charge on any atom is 0.0130 e. The molecule has 0 aliphatic heterocycles. The summed E-state index contributed by atoms with van der Waals surface area (Å²) >= 11 is 0. The molecule has 1 nitrogen and oxygen atoms in total. The third-order valence-electron chi connectivity index (χ3n) is 3.40. The van der Waals surface area contributed by atoms with E-state index in [9.17, 15) is 0 Å². The van der Waals surface area contributed by atoms with Gasteiger partial charge in [0.2, 0.25) is 0 Å². The monoisotopic (exact) mass is 217 g/mol. The molecule has 88 valence electrons. The highest BCUT2D eigenvalue weighted by Crippen LogP contribution is 2.26. The lowest BCUT2D eigenvalue weighted by atomic mass is 9.78. The van der Waals surface area contributed by atoms with Crippen molar-refractivity contribution in [1.29, 1.82) is 0 Å². The number of hydrogen-bond acceptors (Lipinski definition) is 1. The number of rotatable bonds is 6. The molecule has 0 saturated heterocycles. The van der Waals surface area contributed by atoms with Crippen molar-refractivity contribution >= 4 is 0 Å². The minimum atomic E-state index is 0.155. The van der Waals surface area contributed by atoms with Gasteiger partial charge in [-0.1, -0.05) is 50.3 Å². The van der Waals surface area contributed by atoms with Crippen molar-refractivity contribution in [2.45, 2.75) is 38.6 Å². The Balaban J connectivity index is 2.65. The topological polar surface area (TPSA) is 12.0 Å². The van der Waals surface area contributed by atoms with Crippen LogP contribution in [0.1, 0.15) is 32.8 Å². The van der Waals surface area contributed by atoms with E-state index in [0.717, 1.165) is 13.0 Å². The Kier molecular flexibility index (Phi) is 4.75. The van der Waals surface area contributed by atoms with Gasteiger partial charge in [0.1, 0.15) is 0 Å². The lowest BCUT2D eigenvalue weighted by molar-refractivity contribution is 0.365. The maximum absolute atomic E-state index is 3.74. The van der Waals surface area contributed by atoms with Crippen LogP contribution in [0.25, 0.3) is 0 Å². The summed E-state index contributed by atoms with van der Waals surface area (Å²) in [5.41, 5.74) is 1.54. The van der Waals surface area contributed by atoms with Crippen LogP contribution in [0.3, 0.4) is 0 Å². The van der Waals surface area contributed by atoms with E-state index in [1.165, 1.54) is 5.56 Å². The highest BCUT2D eigenvalue weighted by molar-refractivity contribution is 5.25. The first-order chi connectivity index (χ1) is 7.59. The van der Waals surface area contributed by atoms with E-state index < -0.39 is 0 Å². The number of nitrogens with one attached hydrogen (secondary N) is 1. The van der Waals surface area contributed by atoms with Crippen molar-refractivity contribution in [3.05, 3.63) is 48.6 Å². The molecule has 1 rings (SSSR count). The summed E-state index contributed by atoms with van der Waals surface area (Å²) < 4.78 is 0. The van der Waals surface area contributed by atoms with Gasteiger partial charge in [-0.2, -0.15) is 0 Å². The third-order valence-corrected chi connectivity index (χ3v) is 3.40. The summed E-state index contributed by atoms with van der Waals surface area (Å²) in [5.74, 6) is 0. The highest BCUT2D eigenvalue weighted by Gasteiger charge is 2.26. The van der Waals surface area contributed by atoms with Crippen molar-refractivity contribution < 1.29 is 0 Å². The van der Waals surface area contributed by atoms with Crippen LogP contribution in [-0.4, -0.2) is 12.6 Å². The second kappa shape index (κ2) is 5.86. The molecule has 0 amide bonds. The normalized spacial score (nSPS) is 13.4. The molecule has 1 heteroatoms. The van der Waals surface area contributed by atoms with Crippen LogP contribution in [0, 0.1) is 0 Å². The Morgan fingerprint density at radius 3 is 2.50 bits per heavy atom. The Labute approximate surface area is 99.6 Å². The molecule has 1 atom stereocenters. The standard InChI is InChI=1S/C15H23N/c1-5-6-12-16-13(2)15(3,4)14-10-8-7-9-11-14/h5,7-11,13,16H,1,6,12H2,2-4H3/t13-/m1/s1. The molecule has 0 unspecified atom stereocenters. The van der Waals surface area contributed by atoms with E-state index in [1.807, 2.05) is 6.08 Å². The van der Waals surface area contributed by atoms with Gasteiger partial charge in [-0.05, 0) is 25.5 Å². The summed E-state index contributed by atoms with van der Waals surface area (Å²) in [6.45, 7) is 11.6. The smallest absolute Gasteiger partial charge is 0.0130 e. The molecule has 0 aliphatic rings. The third kappa shape index (κ3) is 3.21. The average Bonchev–Trinajstić information content (AvgIpc) is 2.30. The number of hydrogen-bond donors (Lipinski definition) is 1. The van der Waals surface area contributed by atoms with Crippen LogP contribution in [0.4, 0.5) is 0 Å². The predicted octanol–water partition coefficient (Wildman–Crippen LogP) is 3.52. The molecule has 0 saturated carbocycles. The minimum Gasteiger partial charge on any atom is -0.313 e. The lowest BCUT2D eigenvalue weighted by Gasteiger charge is -2.33. The van der Waals surface area contributed by atoms with Crippen molar-refractivity contribution in [3.8, 4) is 0 Å². The zero-order chi connectivity index (χ0) is 12.0. The zero-order valence-electron chi connectivity index (χ0n) is 10.7. The van der Waals surface area contributed by atoms with Gasteiger partial charge in [-0.3, -0.25) is 0 Å². The predicted molar refractivity (Wildman–Crippen MR) is 71.7 cm³/mol. The van der Waals surface area contributed by atoms with Crippen LogP contribution in [-0.2, 0) is 5.41 Å². The van der Waals surface area contributed by atoms with Crippen molar-refractivity contribution in [1.82, 2.24) is 5.32 Å². The van der Waals surface area contributed by atoms with Gasteiger partial charge < -0.3 is 5.32 Å². The zero-order valence-corrected chi connectivity index (χ0v) is 10.7. The summed E-state index contributed by atoms with van der Waals surface area (Å²) in [6, 6.07) is 11.1. The lowest BCUT2D eigenvalue weighted by Crippen LogP contribution is -2.42. The van der Waals surface area contributed by atoms with E-state index in [-0.39, 0.29) is 5.41 Å². The summed E-state index contributed by atoms with van der Waals surface area (Å²) in [4.78, 5) is 0. The quantitative estimate of drug-likeness (QED) is 0.568. The second-order valence-corrected chi connectivity index (χ2v) is 4.84. The molecule has 0 spiro atoms. The van der Waals surface area contributed by atoms with Gasteiger partial charge in [0.25, 0.3) is 0 Å². The Morgan fingerprint density at radius 2 is 1.94 bits per heavy atom. The van der Waals surface area contributed by atoms with E-state index in [0.29, 0.717) is 6.04 Å². The highest BCUT2D eigenvalue weighted by atomic mass is 14.9. The molecule has 16 heavy (non-hydrogen) atoms. The van der Waals surface area contributed by atoms with Gasteiger partial charge in [0, 0.05) is 11.5 Å². The van der Waals surface area contributed by atoms with Crippen LogP contribution in [0.15, 0.2) is 43.0 Å². The van der Waals surface area contributed by atoms with Crippen molar-refractivity contribution in [3.63, 3.8) is 0 Å². The molecular weight excluding hydrogens is 194 g/mol. The fourth-order valence-corrected chi connectivity index (χ4v) is 1.77. The van der Waals surface area contributed by atoms with Gasteiger partial charge in [-0.15, -0.1) is 6.58 Å². The Hall–Kier alpha value is -1.08. The first-order valence-corrected chi connectivity index (χ1v) is 5.99. The second-order valence-electron chi connectivity index (χ2n) is 4.84. The molecule has 1 aromatic rings. The van der Waals surface area contributed by atoms with Gasteiger partial charge in [-0.25, -0.2) is 0 Å². The largest absolute Gasteiger partial charge is 0.313 e. The molecule has 1 aromatic carbocycles. The fourth-order valence-electron chi connectivity index (χ4n) is 1.77. The van der Waals surface area contributed by atoms with E-state index in [4.69, 9.17) is 0 Å². The molecule has 0 radical (unpaired) electrons. The molecule has 0 aromatic heterocycles. The van der Waals surface area contributed by atoms with Crippen LogP contribution < -0.4 is 5.32 Å². The SMILES string of the molecule is C=CCCN[C@H](C)C(C)(C)c1ccccc1. The molecule has 0 aliphatic carbocycles. The maximum atomic E-state index is 3.74. The van der Waals surface area contributed by atoms with E-state index in [1.54, 1.807) is 0 Å². The molecule has 1 N–H and O–H groups in total. The average molecular weight is 217 g/mol. The van der Waals surface area contributed by atoms with Crippen LogP contribution in [0.2, 0.25) is 0 Å². The summed E-state index contributed by atoms with van der Waals surface area (Å²) in [5, 5.41) is 3.55. The van der Waals surface area contributed by atoms with Crippen LogP contribution >= 0.6 is 0 Å². The summed E-state index contributed by atoms with van der Waals surface area (Å²) in [7, 11) is 0. The van der Waals surface area contributed by atoms with Crippen LogP contribution in [0.5, 0.6) is 0 Å². The van der Waals surface area contributed by atoms with Gasteiger partial charge >= 0.3 is 0 Å². The Bertz CT molecular complexity index is 313.